The molecule has 0 radical (unpaired) electrons. The number of rotatable bonds is 5. The summed E-state index contributed by atoms with van der Waals surface area (Å²) in [6, 6.07) is 14.5. The molecule has 2 rings (SSSR count). The fraction of sp³-hybridized carbons (Fsp3) is 0.235. The third kappa shape index (κ3) is 6.48. The second-order valence-corrected chi connectivity index (χ2v) is 8.07. The number of anilines is 1. The molecule has 1 atom stereocenters. The quantitative estimate of drug-likeness (QED) is 0.482. The topological polar surface area (TPSA) is 50.4 Å². The molecule has 0 saturated carbocycles. The molecule has 0 bridgehead atoms. The number of hydrogen-bond acceptors (Lipinski definition) is 3. The Morgan fingerprint density at radius 1 is 1.12 bits per heavy atom. The molecule has 4 nitrogen and oxygen atoms in total. The summed E-state index contributed by atoms with van der Waals surface area (Å²) in [4.78, 5) is 12.0. The summed E-state index contributed by atoms with van der Waals surface area (Å²) >= 11 is 23.9. The second kappa shape index (κ2) is 8.86. The zero-order chi connectivity index (χ0) is 18.4. The number of aryl methyl sites for hydroxylation is 1. The lowest BCUT2D eigenvalue weighted by atomic mass is 10.2. The molecule has 0 unspecified atom stereocenters. The molecule has 2 aromatic carbocycles. The van der Waals surface area contributed by atoms with Crippen LogP contribution in [0.15, 0.2) is 48.5 Å². The third-order valence-corrected chi connectivity index (χ3v) is 4.29. The van der Waals surface area contributed by atoms with E-state index in [4.69, 9.17) is 51.1 Å². The molecule has 1 amide bonds. The van der Waals surface area contributed by atoms with E-state index in [9.17, 15) is 4.79 Å². The van der Waals surface area contributed by atoms with Gasteiger partial charge in [-0.25, -0.2) is 4.79 Å². The van der Waals surface area contributed by atoms with Gasteiger partial charge in [0.25, 0.3) is 0 Å². The van der Waals surface area contributed by atoms with Gasteiger partial charge in [0.2, 0.25) is 3.79 Å². The van der Waals surface area contributed by atoms with Crippen molar-refractivity contribution in [3.63, 3.8) is 0 Å². The highest BCUT2D eigenvalue weighted by Crippen LogP contribution is 2.31. The van der Waals surface area contributed by atoms with E-state index in [1.165, 1.54) is 0 Å². The van der Waals surface area contributed by atoms with E-state index in [2.05, 4.69) is 10.6 Å². The highest BCUT2D eigenvalue weighted by Gasteiger charge is 2.34. The first-order chi connectivity index (χ1) is 11.8. The van der Waals surface area contributed by atoms with E-state index >= 15 is 0 Å². The summed E-state index contributed by atoms with van der Waals surface area (Å²) in [5.74, 6) is 0. The lowest BCUT2D eigenvalue weighted by Gasteiger charge is -2.27. The van der Waals surface area contributed by atoms with Crippen molar-refractivity contribution in [2.45, 2.75) is 23.5 Å². The van der Waals surface area contributed by atoms with Gasteiger partial charge in [-0.05, 0) is 25.1 Å². The number of hydrogen-bond donors (Lipinski definition) is 2. The maximum atomic E-state index is 12.0. The molecule has 134 valence electrons. The number of halogens is 4. The Labute approximate surface area is 166 Å². The van der Waals surface area contributed by atoms with Crippen LogP contribution < -0.4 is 10.6 Å². The highest BCUT2D eigenvalue weighted by molar-refractivity contribution is 6.68. The van der Waals surface area contributed by atoms with Crippen LogP contribution in [-0.4, -0.2) is 16.1 Å². The van der Waals surface area contributed by atoms with Crippen LogP contribution in [-0.2, 0) is 11.3 Å². The van der Waals surface area contributed by atoms with Crippen LogP contribution in [0.2, 0.25) is 5.02 Å². The first kappa shape index (κ1) is 20.0. The molecule has 25 heavy (non-hydrogen) atoms. The molecule has 0 aromatic heterocycles. The first-order valence-corrected chi connectivity index (χ1v) is 8.83. The molecular weight excluding hydrogens is 406 g/mol. The molecule has 0 heterocycles. The van der Waals surface area contributed by atoms with Gasteiger partial charge in [-0.1, -0.05) is 82.3 Å². The van der Waals surface area contributed by atoms with Gasteiger partial charge >= 0.3 is 6.09 Å². The lowest BCUT2D eigenvalue weighted by Crippen LogP contribution is -2.49. The van der Waals surface area contributed by atoms with E-state index in [0.29, 0.717) is 16.3 Å². The summed E-state index contributed by atoms with van der Waals surface area (Å²) in [6.45, 7) is 1.96. The summed E-state index contributed by atoms with van der Waals surface area (Å²) in [5, 5.41) is 5.96. The normalized spacial score (nSPS) is 12.4. The standard InChI is InChI=1S/C17H16Cl4N2O2/c1-11-6-8-13(9-7-11)22-15(17(19,20)21)23-16(24)25-10-12-4-2-3-5-14(12)18/h2-9,15,22H,10H2,1H3,(H,23,24)/t15-/m0/s1. The van der Waals surface area contributed by atoms with E-state index in [0.717, 1.165) is 5.56 Å². The van der Waals surface area contributed by atoms with Crippen molar-refractivity contribution in [1.29, 1.82) is 0 Å². The van der Waals surface area contributed by atoms with Crippen molar-refractivity contribution in [2.75, 3.05) is 5.32 Å². The number of alkyl carbamates (subject to hydrolysis) is 1. The van der Waals surface area contributed by atoms with Crippen LogP contribution in [0.5, 0.6) is 0 Å². The van der Waals surface area contributed by atoms with Crippen LogP contribution in [0, 0.1) is 6.92 Å². The minimum absolute atomic E-state index is 0.00259. The number of nitrogens with one attached hydrogen (secondary N) is 2. The zero-order valence-corrected chi connectivity index (χ0v) is 16.3. The Morgan fingerprint density at radius 3 is 2.36 bits per heavy atom. The minimum Gasteiger partial charge on any atom is -0.445 e. The molecule has 0 aliphatic heterocycles. The van der Waals surface area contributed by atoms with Gasteiger partial charge < -0.3 is 10.1 Å². The van der Waals surface area contributed by atoms with Crippen LogP contribution in [0.3, 0.4) is 0 Å². The number of alkyl halides is 3. The maximum absolute atomic E-state index is 12.0. The van der Waals surface area contributed by atoms with Crippen LogP contribution in [0.25, 0.3) is 0 Å². The fourth-order valence-corrected chi connectivity index (χ4v) is 2.45. The van der Waals surface area contributed by atoms with Crippen molar-refractivity contribution >= 4 is 58.2 Å². The molecule has 0 fully saturated rings. The SMILES string of the molecule is Cc1ccc(N[C@@H](NC(=O)OCc2ccccc2Cl)C(Cl)(Cl)Cl)cc1. The van der Waals surface area contributed by atoms with Gasteiger partial charge in [0, 0.05) is 16.3 Å². The molecule has 8 heteroatoms. The largest absolute Gasteiger partial charge is 0.445 e. The summed E-state index contributed by atoms with van der Waals surface area (Å²) in [5.41, 5.74) is 2.45. The molecule has 0 saturated heterocycles. The predicted molar refractivity (Wildman–Crippen MR) is 104 cm³/mol. The Bertz CT molecular complexity index is 717. The van der Waals surface area contributed by atoms with Gasteiger partial charge in [0.15, 0.2) is 0 Å². The van der Waals surface area contributed by atoms with Crippen LogP contribution in [0.1, 0.15) is 11.1 Å². The molecule has 0 aliphatic rings. The minimum atomic E-state index is -1.78. The Morgan fingerprint density at radius 2 is 1.76 bits per heavy atom. The predicted octanol–water partition coefficient (Wildman–Crippen LogP) is 5.68. The number of amides is 1. The molecule has 0 spiro atoms. The molecular formula is C17H16Cl4N2O2. The van der Waals surface area contributed by atoms with Crippen molar-refractivity contribution in [3.05, 3.63) is 64.7 Å². The van der Waals surface area contributed by atoms with Crippen LogP contribution >= 0.6 is 46.4 Å². The molecule has 2 N–H and O–H groups in total. The lowest BCUT2D eigenvalue weighted by molar-refractivity contribution is 0.137. The van der Waals surface area contributed by atoms with Crippen molar-refractivity contribution in [2.24, 2.45) is 0 Å². The second-order valence-electron chi connectivity index (χ2n) is 5.30. The average molecular weight is 422 g/mol. The number of carbonyl (C=O) groups excluding carboxylic acids is 1. The third-order valence-electron chi connectivity index (χ3n) is 3.27. The fourth-order valence-electron chi connectivity index (χ4n) is 1.93. The van der Waals surface area contributed by atoms with Crippen molar-refractivity contribution in [3.8, 4) is 0 Å². The van der Waals surface area contributed by atoms with Gasteiger partial charge in [-0.2, -0.15) is 0 Å². The van der Waals surface area contributed by atoms with Gasteiger partial charge in [-0.3, -0.25) is 5.32 Å². The first-order valence-electron chi connectivity index (χ1n) is 7.32. The number of ether oxygens (including phenoxy) is 1. The zero-order valence-electron chi connectivity index (χ0n) is 13.2. The Hall–Kier alpha value is -1.33. The van der Waals surface area contributed by atoms with E-state index < -0.39 is 16.1 Å². The van der Waals surface area contributed by atoms with Crippen LogP contribution in [0.4, 0.5) is 10.5 Å². The monoisotopic (exact) mass is 420 g/mol. The smallest absolute Gasteiger partial charge is 0.409 e. The molecule has 0 aliphatic carbocycles. The average Bonchev–Trinajstić information content (AvgIpc) is 2.54. The van der Waals surface area contributed by atoms with Gasteiger partial charge in [0.1, 0.15) is 12.8 Å². The van der Waals surface area contributed by atoms with Crippen molar-refractivity contribution < 1.29 is 9.53 Å². The van der Waals surface area contributed by atoms with Gasteiger partial charge in [0.05, 0.1) is 0 Å². The highest BCUT2D eigenvalue weighted by atomic mass is 35.6. The Kier molecular flexibility index (Phi) is 7.08. The summed E-state index contributed by atoms with van der Waals surface area (Å²) in [6.07, 6.45) is -1.73. The van der Waals surface area contributed by atoms with Crippen molar-refractivity contribution in [1.82, 2.24) is 5.32 Å². The van der Waals surface area contributed by atoms with E-state index in [1.54, 1.807) is 24.3 Å². The number of carbonyl (C=O) groups is 1. The van der Waals surface area contributed by atoms with E-state index in [-0.39, 0.29) is 6.61 Å². The molecule has 2 aromatic rings. The Balaban J connectivity index is 1.98. The summed E-state index contributed by atoms with van der Waals surface area (Å²) in [7, 11) is 0. The number of benzene rings is 2. The summed E-state index contributed by atoms with van der Waals surface area (Å²) < 4.78 is 3.36. The maximum Gasteiger partial charge on any atom is 0.409 e. The van der Waals surface area contributed by atoms with Gasteiger partial charge in [-0.15, -0.1) is 0 Å². The van der Waals surface area contributed by atoms with E-state index in [1.807, 2.05) is 31.2 Å².